The number of anilines is 2. The van der Waals surface area contributed by atoms with E-state index in [9.17, 15) is 4.79 Å². The van der Waals surface area contributed by atoms with Crippen molar-refractivity contribution in [1.29, 1.82) is 0 Å². The summed E-state index contributed by atoms with van der Waals surface area (Å²) < 4.78 is 10.3. The smallest absolute Gasteiger partial charge is 0.234 e. The van der Waals surface area contributed by atoms with Crippen LogP contribution in [0.15, 0.2) is 18.2 Å². The molecule has 5 heteroatoms. The van der Waals surface area contributed by atoms with Crippen LogP contribution in [0.4, 0.5) is 11.4 Å². The van der Waals surface area contributed by atoms with Crippen LogP contribution in [0.25, 0.3) is 0 Å². The number of ether oxygens (including phenoxy) is 2. The fourth-order valence-corrected chi connectivity index (χ4v) is 2.28. The first-order valence-corrected chi connectivity index (χ1v) is 6.42. The van der Waals surface area contributed by atoms with Gasteiger partial charge in [0.2, 0.25) is 5.91 Å². The summed E-state index contributed by atoms with van der Waals surface area (Å²) >= 11 is 0. The zero-order valence-electron chi connectivity index (χ0n) is 11.4. The number of fused-ring (bicyclic) bond motifs is 1. The molecule has 1 aromatic carbocycles. The van der Waals surface area contributed by atoms with Crippen molar-refractivity contribution in [2.45, 2.75) is 12.8 Å². The molecule has 5 nitrogen and oxygen atoms in total. The molecule has 0 aliphatic carbocycles. The van der Waals surface area contributed by atoms with Crippen molar-refractivity contribution in [3.8, 4) is 0 Å². The van der Waals surface area contributed by atoms with Crippen molar-refractivity contribution in [2.75, 3.05) is 44.1 Å². The van der Waals surface area contributed by atoms with Crippen LogP contribution in [0.3, 0.4) is 0 Å². The first-order chi connectivity index (χ1) is 9.15. The van der Waals surface area contributed by atoms with E-state index in [1.807, 2.05) is 25.1 Å². The van der Waals surface area contributed by atoms with Crippen LogP contribution in [-0.2, 0) is 14.3 Å². The molecule has 0 saturated heterocycles. The third kappa shape index (κ3) is 2.88. The van der Waals surface area contributed by atoms with E-state index in [2.05, 4.69) is 0 Å². The largest absolute Gasteiger partial charge is 0.399 e. The number of nitrogens with zero attached hydrogens (tertiary/aromatic N) is 1. The molecule has 2 N–H and O–H groups in total. The molecular formula is C14H20N2O3. The van der Waals surface area contributed by atoms with Crippen LogP contribution >= 0.6 is 0 Å². The lowest BCUT2D eigenvalue weighted by Gasteiger charge is -2.17. The highest BCUT2D eigenvalue weighted by atomic mass is 16.5. The normalized spacial score (nSPS) is 17.9. The maximum Gasteiger partial charge on any atom is 0.234 e. The second kappa shape index (κ2) is 6.04. The fraction of sp³-hybridized carbons (Fsp3) is 0.500. The number of hydrogen-bond acceptors (Lipinski definition) is 4. The Morgan fingerprint density at radius 1 is 1.32 bits per heavy atom. The van der Waals surface area contributed by atoms with Crippen LogP contribution in [0, 0.1) is 0 Å². The average Bonchev–Trinajstić information content (AvgIpc) is 2.63. The molecule has 0 aromatic heterocycles. The number of rotatable bonds is 6. The quantitative estimate of drug-likeness (QED) is 0.623. The van der Waals surface area contributed by atoms with Gasteiger partial charge in [0.15, 0.2) is 0 Å². The number of nitrogen functional groups attached to an aromatic ring is 1. The Bertz CT molecular complexity index is 462. The van der Waals surface area contributed by atoms with Gasteiger partial charge in [-0.25, -0.2) is 0 Å². The number of amides is 1. The highest BCUT2D eigenvalue weighted by Crippen LogP contribution is 2.37. The number of carbonyl (C=O) groups excluding carboxylic acids is 1. The zero-order valence-corrected chi connectivity index (χ0v) is 11.4. The van der Waals surface area contributed by atoms with E-state index in [0.717, 1.165) is 11.3 Å². The predicted octanol–water partition coefficient (Wildman–Crippen LogP) is 1.38. The zero-order chi connectivity index (χ0) is 13.8. The van der Waals surface area contributed by atoms with E-state index in [1.54, 1.807) is 12.0 Å². The van der Waals surface area contributed by atoms with Crippen molar-refractivity contribution < 1.29 is 14.3 Å². The maximum absolute atomic E-state index is 12.2. The fourth-order valence-electron chi connectivity index (χ4n) is 2.28. The van der Waals surface area contributed by atoms with E-state index in [4.69, 9.17) is 15.2 Å². The van der Waals surface area contributed by atoms with Gasteiger partial charge >= 0.3 is 0 Å². The minimum absolute atomic E-state index is 0.107. The lowest BCUT2D eigenvalue weighted by atomic mass is 10.0. The third-order valence-corrected chi connectivity index (χ3v) is 3.34. The monoisotopic (exact) mass is 264 g/mol. The number of methoxy groups -OCH3 is 1. The summed E-state index contributed by atoms with van der Waals surface area (Å²) in [6.07, 6.45) is 0. The van der Waals surface area contributed by atoms with Gasteiger partial charge in [-0.1, -0.05) is 0 Å². The van der Waals surface area contributed by atoms with Gasteiger partial charge in [0.05, 0.1) is 25.7 Å². The summed E-state index contributed by atoms with van der Waals surface area (Å²) in [5.74, 6) is -0.0200. The second-order valence-electron chi connectivity index (χ2n) is 4.63. The summed E-state index contributed by atoms with van der Waals surface area (Å²) in [6, 6.07) is 5.60. The van der Waals surface area contributed by atoms with Gasteiger partial charge in [-0.05, 0) is 30.7 Å². The standard InChI is InChI=1S/C14H20N2O3/c1-10-12-9-11(15)3-4-13(12)16(14(10)17)5-6-19-8-7-18-2/h3-4,9-10H,5-8,15H2,1-2H3. The molecule has 1 aliphatic heterocycles. The van der Waals surface area contributed by atoms with Crippen LogP contribution in [0.1, 0.15) is 18.4 Å². The lowest BCUT2D eigenvalue weighted by molar-refractivity contribution is -0.119. The molecule has 0 fully saturated rings. The molecule has 1 aromatic rings. The highest BCUT2D eigenvalue weighted by molar-refractivity contribution is 6.05. The van der Waals surface area contributed by atoms with Gasteiger partial charge < -0.3 is 20.1 Å². The Kier molecular flexibility index (Phi) is 4.39. The van der Waals surface area contributed by atoms with E-state index in [0.29, 0.717) is 32.1 Å². The molecule has 2 rings (SSSR count). The van der Waals surface area contributed by atoms with Crippen LogP contribution in [0.2, 0.25) is 0 Å². The lowest BCUT2D eigenvalue weighted by Crippen LogP contribution is -2.31. The number of benzene rings is 1. The third-order valence-electron chi connectivity index (χ3n) is 3.34. The van der Waals surface area contributed by atoms with E-state index < -0.39 is 0 Å². The summed E-state index contributed by atoms with van der Waals surface area (Å²) in [6.45, 7) is 4.09. The van der Waals surface area contributed by atoms with E-state index in [1.165, 1.54) is 0 Å². The molecule has 1 amide bonds. The Hall–Kier alpha value is -1.59. The second-order valence-corrected chi connectivity index (χ2v) is 4.63. The molecule has 1 aliphatic rings. The van der Waals surface area contributed by atoms with Gasteiger partial charge in [0.1, 0.15) is 0 Å². The maximum atomic E-state index is 12.2. The summed E-state index contributed by atoms with van der Waals surface area (Å²) in [4.78, 5) is 14.0. The van der Waals surface area contributed by atoms with Gasteiger partial charge in [-0.15, -0.1) is 0 Å². The average molecular weight is 264 g/mol. The van der Waals surface area contributed by atoms with Gasteiger partial charge in [0.25, 0.3) is 0 Å². The van der Waals surface area contributed by atoms with Crippen LogP contribution < -0.4 is 10.6 Å². The van der Waals surface area contributed by atoms with Crippen molar-refractivity contribution in [3.05, 3.63) is 23.8 Å². The minimum atomic E-state index is -0.127. The van der Waals surface area contributed by atoms with Gasteiger partial charge in [-0.2, -0.15) is 0 Å². The first-order valence-electron chi connectivity index (χ1n) is 6.42. The van der Waals surface area contributed by atoms with Crippen LogP contribution in [0.5, 0.6) is 0 Å². The van der Waals surface area contributed by atoms with Crippen molar-refractivity contribution in [1.82, 2.24) is 0 Å². The molecule has 1 heterocycles. The topological polar surface area (TPSA) is 64.8 Å². The SMILES string of the molecule is COCCOCCN1C(=O)C(C)c2cc(N)ccc21. The molecule has 0 radical (unpaired) electrons. The minimum Gasteiger partial charge on any atom is -0.399 e. The number of carbonyl (C=O) groups is 1. The molecule has 104 valence electrons. The van der Waals surface area contributed by atoms with E-state index >= 15 is 0 Å². The van der Waals surface area contributed by atoms with Crippen molar-refractivity contribution in [2.24, 2.45) is 0 Å². The van der Waals surface area contributed by atoms with Gasteiger partial charge in [0, 0.05) is 25.0 Å². The van der Waals surface area contributed by atoms with E-state index in [-0.39, 0.29) is 11.8 Å². The molecular weight excluding hydrogens is 244 g/mol. The molecule has 0 bridgehead atoms. The van der Waals surface area contributed by atoms with Crippen molar-refractivity contribution in [3.63, 3.8) is 0 Å². The first kappa shape index (κ1) is 13.8. The molecule has 0 saturated carbocycles. The Balaban J connectivity index is 2.00. The van der Waals surface area contributed by atoms with Crippen molar-refractivity contribution >= 4 is 17.3 Å². The molecule has 1 atom stereocenters. The molecule has 0 spiro atoms. The summed E-state index contributed by atoms with van der Waals surface area (Å²) in [7, 11) is 1.63. The Labute approximate surface area is 113 Å². The summed E-state index contributed by atoms with van der Waals surface area (Å²) in [5.41, 5.74) is 8.41. The molecule has 19 heavy (non-hydrogen) atoms. The summed E-state index contributed by atoms with van der Waals surface area (Å²) in [5, 5.41) is 0. The predicted molar refractivity (Wildman–Crippen MR) is 74.3 cm³/mol. The Morgan fingerprint density at radius 2 is 2.11 bits per heavy atom. The number of hydrogen-bond donors (Lipinski definition) is 1. The number of nitrogens with two attached hydrogens (primary N) is 1. The van der Waals surface area contributed by atoms with Gasteiger partial charge in [-0.3, -0.25) is 4.79 Å². The highest BCUT2D eigenvalue weighted by Gasteiger charge is 2.33. The molecule has 1 unspecified atom stereocenters. The Morgan fingerprint density at radius 3 is 2.84 bits per heavy atom. The van der Waals surface area contributed by atoms with Crippen LogP contribution in [-0.4, -0.2) is 39.4 Å².